The van der Waals surface area contributed by atoms with Crippen LogP contribution in [-0.2, 0) is 11.8 Å². The van der Waals surface area contributed by atoms with Gasteiger partial charge < -0.3 is 4.90 Å². The summed E-state index contributed by atoms with van der Waals surface area (Å²) in [7, 11) is 0. The lowest BCUT2D eigenvalue weighted by atomic mass is 9.86. The summed E-state index contributed by atoms with van der Waals surface area (Å²) >= 11 is 0. The van der Waals surface area contributed by atoms with Crippen LogP contribution in [0.2, 0.25) is 0 Å². The molecular weight excluding hydrogens is 367 g/mol. The van der Waals surface area contributed by atoms with Gasteiger partial charge in [-0.15, -0.1) is 0 Å². The maximum absolute atomic E-state index is 13.2. The van der Waals surface area contributed by atoms with Crippen LogP contribution in [0, 0.1) is 5.82 Å². The Morgan fingerprint density at radius 1 is 1.10 bits per heavy atom. The number of amides is 1. The van der Waals surface area contributed by atoms with E-state index in [9.17, 15) is 9.18 Å². The molecule has 1 amide bonds. The van der Waals surface area contributed by atoms with Crippen LogP contribution in [0.4, 0.5) is 4.39 Å². The lowest BCUT2D eigenvalue weighted by Gasteiger charge is -2.33. The Hall–Kier alpha value is -3.02. The van der Waals surface area contributed by atoms with Crippen molar-refractivity contribution in [1.29, 1.82) is 0 Å². The number of nitrogens with zero attached hydrogens (tertiary/aromatic N) is 4. The monoisotopic (exact) mass is 392 g/mol. The smallest absolute Gasteiger partial charge is 0.254 e. The van der Waals surface area contributed by atoms with Crippen LogP contribution in [-0.4, -0.2) is 31.9 Å². The Labute approximate surface area is 170 Å². The highest BCUT2D eigenvalue weighted by Crippen LogP contribution is 2.31. The minimum atomic E-state index is -0.370. The van der Waals surface area contributed by atoms with Gasteiger partial charge in [0.15, 0.2) is 0 Å². The Morgan fingerprint density at radius 3 is 2.45 bits per heavy atom. The first kappa shape index (κ1) is 19.3. The fourth-order valence-electron chi connectivity index (χ4n) is 3.82. The lowest BCUT2D eigenvalue weighted by Crippen LogP contribution is -2.39. The summed E-state index contributed by atoms with van der Waals surface area (Å²) in [6.45, 7) is 9.06. The SMILES string of the molecule is CC1c2ncn(-c3ccc(F)cn3)c2CCN1C(=O)c1ccc(C(C)(C)C)cc1. The third-order valence-corrected chi connectivity index (χ3v) is 5.57. The van der Waals surface area contributed by atoms with Gasteiger partial charge in [0.2, 0.25) is 0 Å². The number of aromatic nitrogens is 3. The van der Waals surface area contributed by atoms with E-state index in [-0.39, 0.29) is 23.2 Å². The number of benzene rings is 1. The van der Waals surface area contributed by atoms with Gasteiger partial charge in [-0.2, -0.15) is 0 Å². The van der Waals surface area contributed by atoms with E-state index in [1.165, 1.54) is 17.8 Å². The third-order valence-electron chi connectivity index (χ3n) is 5.57. The number of hydrogen-bond acceptors (Lipinski definition) is 3. The van der Waals surface area contributed by atoms with Crippen LogP contribution in [0.25, 0.3) is 5.82 Å². The maximum Gasteiger partial charge on any atom is 0.254 e. The van der Waals surface area contributed by atoms with Gasteiger partial charge in [-0.05, 0) is 42.2 Å². The topological polar surface area (TPSA) is 51.0 Å². The summed E-state index contributed by atoms with van der Waals surface area (Å²) in [5.41, 5.74) is 3.82. The number of hydrogen-bond donors (Lipinski definition) is 0. The summed E-state index contributed by atoms with van der Waals surface area (Å²) in [5, 5.41) is 0. The van der Waals surface area contributed by atoms with Gasteiger partial charge in [0.25, 0.3) is 5.91 Å². The molecule has 1 aliphatic rings. The first-order valence-corrected chi connectivity index (χ1v) is 9.85. The minimum absolute atomic E-state index is 0.0121. The molecule has 1 aromatic carbocycles. The van der Waals surface area contributed by atoms with Crippen molar-refractivity contribution in [2.24, 2.45) is 0 Å². The van der Waals surface area contributed by atoms with Gasteiger partial charge in [-0.25, -0.2) is 14.4 Å². The second-order valence-electron chi connectivity index (χ2n) is 8.53. The molecule has 0 saturated carbocycles. The van der Waals surface area contributed by atoms with Crippen LogP contribution >= 0.6 is 0 Å². The molecule has 1 aliphatic heterocycles. The molecular formula is C23H25FN4O. The molecule has 0 radical (unpaired) electrons. The van der Waals surface area contributed by atoms with Gasteiger partial charge in [0.1, 0.15) is 18.0 Å². The van der Waals surface area contributed by atoms with Crippen molar-refractivity contribution in [2.45, 2.75) is 45.6 Å². The zero-order valence-electron chi connectivity index (χ0n) is 17.2. The van der Waals surface area contributed by atoms with E-state index < -0.39 is 0 Å². The van der Waals surface area contributed by atoms with Gasteiger partial charge in [-0.3, -0.25) is 9.36 Å². The van der Waals surface area contributed by atoms with Gasteiger partial charge in [0, 0.05) is 18.5 Å². The summed E-state index contributed by atoms with van der Waals surface area (Å²) in [4.78, 5) is 23.7. The number of halogens is 1. The van der Waals surface area contributed by atoms with E-state index in [2.05, 4.69) is 30.7 Å². The van der Waals surface area contributed by atoms with E-state index in [0.29, 0.717) is 24.3 Å². The van der Waals surface area contributed by atoms with Crippen molar-refractivity contribution in [3.8, 4) is 5.82 Å². The molecule has 3 aromatic rings. The summed E-state index contributed by atoms with van der Waals surface area (Å²) in [6, 6.07) is 10.8. The first-order chi connectivity index (χ1) is 13.8. The van der Waals surface area contributed by atoms with Crippen LogP contribution in [0.3, 0.4) is 0 Å². The van der Waals surface area contributed by atoms with E-state index in [1.807, 2.05) is 40.7 Å². The molecule has 0 bridgehead atoms. The highest BCUT2D eigenvalue weighted by Gasteiger charge is 2.32. The van der Waals surface area contributed by atoms with Crippen LogP contribution in [0.5, 0.6) is 0 Å². The number of carbonyl (C=O) groups is 1. The maximum atomic E-state index is 13.2. The van der Waals surface area contributed by atoms with Gasteiger partial charge in [-0.1, -0.05) is 32.9 Å². The highest BCUT2D eigenvalue weighted by atomic mass is 19.1. The Balaban J connectivity index is 1.58. The average molecular weight is 392 g/mol. The highest BCUT2D eigenvalue weighted by molar-refractivity contribution is 5.94. The molecule has 0 aliphatic carbocycles. The van der Waals surface area contributed by atoms with E-state index in [1.54, 1.807) is 12.4 Å². The average Bonchev–Trinajstić information content (AvgIpc) is 3.13. The van der Waals surface area contributed by atoms with Crippen molar-refractivity contribution in [3.05, 3.63) is 77.3 Å². The standard InChI is InChI=1S/C23H25FN4O/c1-15-21-19(28(14-26-21)20-10-9-18(24)13-25-20)11-12-27(15)22(29)16-5-7-17(8-6-16)23(2,3)4/h5-10,13-15H,11-12H2,1-4H3. The number of rotatable bonds is 2. The zero-order chi connectivity index (χ0) is 20.8. The zero-order valence-corrected chi connectivity index (χ0v) is 17.2. The molecule has 3 heterocycles. The van der Waals surface area contributed by atoms with Crippen molar-refractivity contribution in [2.75, 3.05) is 6.54 Å². The van der Waals surface area contributed by atoms with Crippen molar-refractivity contribution in [3.63, 3.8) is 0 Å². The number of imidazole rings is 1. The number of pyridine rings is 1. The number of fused-ring (bicyclic) bond motifs is 1. The van der Waals surface area contributed by atoms with Crippen molar-refractivity contribution >= 4 is 5.91 Å². The lowest BCUT2D eigenvalue weighted by molar-refractivity contribution is 0.0672. The molecule has 1 atom stereocenters. The van der Waals surface area contributed by atoms with Crippen LogP contribution in [0.15, 0.2) is 48.9 Å². The van der Waals surface area contributed by atoms with Crippen molar-refractivity contribution in [1.82, 2.24) is 19.4 Å². The fraction of sp³-hybridized carbons (Fsp3) is 0.348. The molecule has 1 unspecified atom stereocenters. The number of carbonyl (C=O) groups excluding carboxylic acids is 1. The van der Waals surface area contributed by atoms with E-state index in [4.69, 9.17) is 0 Å². The molecule has 0 spiro atoms. The van der Waals surface area contributed by atoms with Crippen LogP contribution < -0.4 is 0 Å². The van der Waals surface area contributed by atoms with E-state index in [0.717, 1.165) is 11.4 Å². The molecule has 150 valence electrons. The second-order valence-corrected chi connectivity index (χ2v) is 8.53. The Morgan fingerprint density at radius 2 is 1.83 bits per heavy atom. The summed E-state index contributed by atoms with van der Waals surface area (Å²) in [6.07, 6.45) is 3.57. The Kier molecular flexibility index (Phi) is 4.73. The summed E-state index contributed by atoms with van der Waals surface area (Å²) in [5.74, 6) is 0.272. The summed E-state index contributed by atoms with van der Waals surface area (Å²) < 4.78 is 15.1. The second kappa shape index (κ2) is 7.10. The van der Waals surface area contributed by atoms with E-state index >= 15 is 0 Å². The molecule has 2 aromatic heterocycles. The molecule has 4 rings (SSSR count). The van der Waals surface area contributed by atoms with Crippen LogP contribution in [0.1, 0.15) is 61.0 Å². The fourth-order valence-corrected chi connectivity index (χ4v) is 3.82. The quantitative estimate of drug-likeness (QED) is 0.647. The predicted molar refractivity (Wildman–Crippen MR) is 110 cm³/mol. The first-order valence-electron chi connectivity index (χ1n) is 9.85. The molecule has 0 fully saturated rings. The Bertz CT molecular complexity index is 1030. The predicted octanol–water partition coefficient (Wildman–Crippen LogP) is 4.46. The molecule has 0 N–H and O–H groups in total. The third kappa shape index (κ3) is 3.55. The minimum Gasteiger partial charge on any atom is -0.330 e. The normalized spacial score (nSPS) is 16.6. The largest absolute Gasteiger partial charge is 0.330 e. The molecule has 29 heavy (non-hydrogen) atoms. The van der Waals surface area contributed by atoms with Gasteiger partial charge >= 0.3 is 0 Å². The molecule has 5 nitrogen and oxygen atoms in total. The van der Waals surface area contributed by atoms with Gasteiger partial charge in [0.05, 0.1) is 23.6 Å². The van der Waals surface area contributed by atoms with Crippen molar-refractivity contribution < 1.29 is 9.18 Å². The molecule has 0 saturated heterocycles. The molecule has 6 heteroatoms.